The lowest BCUT2D eigenvalue weighted by Gasteiger charge is -2.14. The molecule has 1 amide bonds. The fourth-order valence-electron chi connectivity index (χ4n) is 2.39. The number of para-hydroxylation sites is 1. The number of anilines is 1. The molecule has 0 radical (unpaired) electrons. The largest absolute Gasteiger partial charge is 0.399 e. The van der Waals surface area contributed by atoms with E-state index in [2.05, 4.69) is 12.2 Å². The lowest BCUT2D eigenvalue weighted by atomic mass is 10.0. The van der Waals surface area contributed by atoms with Crippen molar-refractivity contribution in [2.45, 2.75) is 32.3 Å². The summed E-state index contributed by atoms with van der Waals surface area (Å²) in [7, 11) is 0. The predicted octanol–water partition coefficient (Wildman–Crippen LogP) is 1.74. The van der Waals surface area contributed by atoms with Gasteiger partial charge in [0.25, 0.3) is 0 Å². The van der Waals surface area contributed by atoms with Gasteiger partial charge in [0.1, 0.15) is 0 Å². The molecule has 2 atom stereocenters. The molecule has 4 heteroatoms. The van der Waals surface area contributed by atoms with Crippen LogP contribution < -0.4 is 11.1 Å². The van der Waals surface area contributed by atoms with Crippen molar-refractivity contribution in [2.75, 3.05) is 18.9 Å². The lowest BCUT2D eigenvalue weighted by molar-refractivity contribution is -0.121. The Morgan fingerprint density at radius 3 is 2.95 bits per heavy atom. The van der Waals surface area contributed by atoms with Gasteiger partial charge in [-0.25, -0.2) is 0 Å². The normalized spacial score (nSPS) is 22.4. The Balaban J connectivity index is 1.71. The highest BCUT2D eigenvalue weighted by atomic mass is 16.5. The monoisotopic (exact) mass is 262 g/mol. The maximum Gasteiger partial charge on any atom is 0.220 e. The van der Waals surface area contributed by atoms with Gasteiger partial charge in [-0.05, 0) is 31.4 Å². The van der Waals surface area contributed by atoms with Gasteiger partial charge in [0, 0.05) is 31.2 Å². The maximum absolute atomic E-state index is 11.8. The van der Waals surface area contributed by atoms with E-state index in [4.69, 9.17) is 10.5 Å². The van der Waals surface area contributed by atoms with Crippen LogP contribution in [0.1, 0.15) is 25.3 Å². The third kappa shape index (κ3) is 3.96. The van der Waals surface area contributed by atoms with Gasteiger partial charge in [0.05, 0.1) is 6.10 Å². The van der Waals surface area contributed by atoms with E-state index in [-0.39, 0.29) is 12.0 Å². The summed E-state index contributed by atoms with van der Waals surface area (Å²) in [4.78, 5) is 11.8. The Labute approximate surface area is 114 Å². The summed E-state index contributed by atoms with van der Waals surface area (Å²) in [6.07, 6.45) is 2.46. The van der Waals surface area contributed by atoms with E-state index in [0.29, 0.717) is 25.3 Å². The Morgan fingerprint density at radius 1 is 1.47 bits per heavy atom. The second-order valence-electron chi connectivity index (χ2n) is 5.13. The fourth-order valence-corrected chi connectivity index (χ4v) is 2.39. The van der Waals surface area contributed by atoms with Crippen LogP contribution in [0.2, 0.25) is 0 Å². The van der Waals surface area contributed by atoms with Crippen molar-refractivity contribution in [2.24, 2.45) is 5.92 Å². The number of hydrogen-bond acceptors (Lipinski definition) is 3. The fraction of sp³-hybridized carbons (Fsp3) is 0.533. The molecule has 0 saturated carbocycles. The number of ether oxygens (including phenoxy) is 1. The number of nitrogens with one attached hydrogen (secondary N) is 1. The summed E-state index contributed by atoms with van der Waals surface area (Å²) >= 11 is 0. The van der Waals surface area contributed by atoms with Crippen LogP contribution in [-0.4, -0.2) is 25.2 Å². The molecule has 3 N–H and O–H groups in total. The molecule has 19 heavy (non-hydrogen) atoms. The molecule has 2 unspecified atom stereocenters. The summed E-state index contributed by atoms with van der Waals surface area (Å²) in [6.45, 7) is 3.58. The molecule has 0 spiro atoms. The summed E-state index contributed by atoms with van der Waals surface area (Å²) in [6, 6.07) is 7.68. The zero-order chi connectivity index (χ0) is 13.7. The third-order valence-electron chi connectivity index (χ3n) is 3.77. The molecular weight excluding hydrogens is 240 g/mol. The average Bonchev–Trinajstić information content (AvgIpc) is 2.81. The topological polar surface area (TPSA) is 64.3 Å². The zero-order valence-corrected chi connectivity index (χ0v) is 11.4. The van der Waals surface area contributed by atoms with E-state index in [9.17, 15) is 4.79 Å². The molecule has 1 saturated heterocycles. The number of rotatable bonds is 5. The molecular formula is C15H22N2O2. The second-order valence-corrected chi connectivity index (χ2v) is 5.13. The predicted molar refractivity (Wildman–Crippen MR) is 75.7 cm³/mol. The van der Waals surface area contributed by atoms with E-state index in [1.165, 1.54) is 0 Å². The highest BCUT2D eigenvalue weighted by Crippen LogP contribution is 2.19. The van der Waals surface area contributed by atoms with Gasteiger partial charge in [-0.3, -0.25) is 4.79 Å². The highest BCUT2D eigenvalue weighted by molar-refractivity contribution is 5.76. The van der Waals surface area contributed by atoms with Crippen molar-refractivity contribution < 1.29 is 9.53 Å². The number of aryl methyl sites for hydroxylation is 1. The highest BCUT2D eigenvalue weighted by Gasteiger charge is 2.24. The van der Waals surface area contributed by atoms with Crippen LogP contribution in [0.4, 0.5) is 5.69 Å². The first-order valence-corrected chi connectivity index (χ1v) is 6.88. The Hall–Kier alpha value is -1.55. The van der Waals surface area contributed by atoms with E-state index >= 15 is 0 Å². The van der Waals surface area contributed by atoms with Crippen molar-refractivity contribution >= 4 is 11.6 Å². The summed E-state index contributed by atoms with van der Waals surface area (Å²) in [5.74, 6) is 0.535. The summed E-state index contributed by atoms with van der Waals surface area (Å²) in [5, 5.41) is 2.98. The SMILES string of the molecule is CC1OCCC1CNC(=O)CCc1ccccc1N. The van der Waals surface area contributed by atoms with Gasteiger partial charge in [-0.1, -0.05) is 18.2 Å². The van der Waals surface area contributed by atoms with Crippen LogP contribution in [0.25, 0.3) is 0 Å². The first-order valence-electron chi connectivity index (χ1n) is 6.88. The zero-order valence-electron chi connectivity index (χ0n) is 11.4. The quantitative estimate of drug-likeness (QED) is 0.794. The molecule has 2 rings (SSSR count). The van der Waals surface area contributed by atoms with Crippen LogP contribution in [-0.2, 0) is 16.0 Å². The van der Waals surface area contributed by atoms with Crippen LogP contribution in [0, 0.1) is 5.92 Å². The molecule has 1 aromatic rings. The smallest absolute Gasteiger partial charge is 0.220 e. The number of amides is 1. The van der Waals surface area contributed by atoms with Gasteiger partial charge in [0.15, 0.2) is 0 Å². The Kier molecular flexibility index (Phi) is 4.80. The Bertz CT molecular complexity index is 434. The number of nitrogens with two attached hydrogens (primary N) is 1. The molecule has 1 aromatic carbocycles. The molecule has 1 aliphatic rings. The van der Waals surface area contributed by atoms with Crippen molar-refractivity contribution in [1.29, 1.82) is 0 Å². The summed E-state index contributed by atoms with van der Waals surface area (Å²) in [5.41, 5.74) is 7.64. The van der Waals surface area contributed by atoms with Gasteiger partial charge >= 0.3 is 0 Å². The molecule has 4 nitrogen and oxygen atoms in total. The van der Waals surface area contributed by atoms with Crippen molar-refractivity contribution in [3.8, 4) is 0 Å². The average molecular weight is 262 g/mol. The lowest BCUT2D eigenvalue weighted by Crippen LogP contribution is -2.32. The van der Waals surface area contributed by atoms with Gasteiger partial charge in [0.2, 0.25) is 5.91 Å². The molecule has 0 aromatic heterocycles. The van der Waals surface area contributed by atoms with Crippen molar-refractivity contribution in [1.82, 2.24) is 5.32 Å². The Morgan fingerprint density at radius 2 is 2.26 bits per heavy atom. The van der Waals surface area contributed by atoms with Crippen LogP contribution >= 0.6 is 0 Å². The van der Waals surface area contributed by atoms with E-state index < -0.39 is 0 Å². The van der Waals surface area contributed by atoms with Gasteiger partial charge < -0.3 is 15.8 Å². The van der Waals surface area contributed by atoms with Crippen LogP contribution in [0.5, 0.6) is 0 Å². The molecule has 1 heterocycles. The molecule has 0 aliphatic carbocycles. The van der Waals surface area contributed by atoms with Gasteiger partial charge in [-0.15, -0.1) is 0 Å². The van der Waals surface area contributed by atoms with E-state index in [0.717, 1.165) is 24.3 Å². The van der Waals surface area contributed by atoms with Gasteiger partial charge in [-0.2, -0.15) is 0 Å². The first kappa shape index (κ1) is 13.9. The van der Waals surface area contributed by atoms with Crippen LogP contribution in [0.3, 0.4) is 0 Å². The molecule has 1 fully saturated rings. The van der Waals surface area contributed by atoms with E-state index in [1.54, 1.807) is 0 Å². The van der Waals surface area contributed by atoms with Crippen LogP contribution in [0.15, 0.2) is 24.3 Å². The van der Waals surface area contributed by atoms with E-state index in [1.807, 2.05) is 24.3 Å². The summed E-state index contributed by atoms with van der Waals surface area (Å²) < 4.78 is 5.47. The number of benzene rings is 1. The number of nitrogen functional groups attached to an aromatic ring is 1. The molecule has 104 valence electrons. The minimum atomic E-state index is 0.0855. The molecule has 0 bridgehead atoms. The van der Waals surface area contributed by atoms with Crippen molar-refractivity contribution in [3.05, 3.63) is 29.8 Å². The molecule has 1 aliphatic heterocycles. The second kappa shape index (κ2) is 6.57. The maximum atomic E-state index is 11.8. The third-order valence-corrected chi connectivity index (χ3v) is 3.77. The van der Waals surface area contributed by atoms with Crippen molar-refractivity contribution in [3.63, 3.8) is 0 Å². The number of carbonyl (C=O) groups excluding carboxylic acids is 1. The standard InChI is InChI=1S/C15H22N2O2/c1-11-13(8-9-19-11)10-17-15(18)7-6-12-4-2-3-5-14(12)16/h2-5,11,13H,6-10,16H2,1H3,(H,17,18). The first-order chi connectivity index (χ1) is 9.16. The minimum Gasteiger partial charge on any atom is -0.399 e. The minimum absolute atomic E-state index is 0.0855. The number of hydrogen-bond donors (Lipinski definition) is 2. The number of carbonyl (C=O) groups is 1.